The van der Waals surface area contributed by atoms with E-state index < -0.39 is 0 Å². The highest BCUT2D eigenvalue weighted by Gasteiger charge is 2.22. The van der Waals surface area contributed by atoms with Gasteiger partial charge in [0, 0.05) is 57.4 Å². The molecule has 1 saturated heterocycles. The smallest absolute Gasteiger partial charge is 0.191 e. The van der Waals surface area contributed by atoms with E-state index >= 15 is 0 Å². The average molecular weight is 404 g/mol. The van der Waals surface area contributed by atoms with Crippen LogP contribution in [-0.2, 0) is 6.54 Å². The molecule has 0 spiro atoms. The number of guanidine groups is 1. The van der Waals surface area contributed by atoms with Crippen molar-refractivity contribution in [2.75, 3.05) is 54.4 Å². The second-order valence-electron chi connectivity index (χ2n) is 8.20. The van der Waals surface area contributed by atoms with E-state index in [0.717, 1.165) is 62.0 Å². The maximum Gasteiger partial charge on any atom is 0.191 e. The zero-order chi connectivity index (χ0) is 20.6. The number of hydrogen-bond acceptors (Lipinski definition) is 5. The van der Waals surface area contributed by atoms with Gasteiger partial charge in [0.1, 0.15) is 11.5 Å². The monoisotopic (exact) mass is 403 g/mol. The lowest BCUT2D eigenvalue weighted by atomic mass is 10.1. The van der Waals surface area contributed by atoms with Crippen LogP contribution in [0, 0.1) is 0 Å². The van der Waals surface area contributed by atoms with Crippen LogP contribution in [0.5, 0.6) is 11.5 Å². The van der Waals surface area contributed by atoms with Crippen molar-refractivity contribution in [1.29, 1.82) is 0 Å². The molecule has 7 heteroatoms. The van der Waals surface area contributed by atoms with Crippen molar-refractivity contribution >= 4 is 5.96 Å². The maximum atomic E-state index is 6.30. The van der Waals surface area contributed by atoms with Crippen LogP contribution in [0.3, 0.4) is 0 Å². The number of likely N-dealkylation sites (N-methyl/N-ethyl adjacent to an activating group) is 2. The van der Waals surface area contributed by atoms with Gasteiger partial charge in [-0.2, -0.15) is 0 Å². The predicted octanol–water partition coefficient (Wildman–Crippen LogP) is 1.93. The Kier molecular flexibility index (Phi) is 8.00. The first-order chi connectivity index (χ1) is 14.1. The SMILES string of the molecule is CN=C(NCc1ccc(OC)cc1OC1CCCC1)NCC1CN(C)CCN1C. The minimum atomic E-state index is 0.317. The van der Waals surface area contributed by atoms with Gasteiger partial charge in [0.25, 0.3) is 0 Å². The summed E-state index contributed by atoms with van der Waals surface area (Å²) < 4.78 is 11.7. The van der Waals surface area contributed by atoms with Crippen molar-refractivity contribution in [3.63, 3.8) is 0 Å². The Morgan fingerprint density at radius 3 is 2.69 bits per heavy atom. The van der Waals surface area contributed by atoms with Gasteiger partial charge in [-0.25, -0.2) is 0 Å². The summed E-state index contributed by atoms with van der Waals surface area (Å²) in [7, 11) is 7.89. The highest BCUT2D eigenvalue weighted by Crippen LogP contribution is 2.30. The van der Waals surface area contributed by atoms with Crippen LogP contribution in [0.15, 0.2) is 23.2 Å². The summed E-state index contributed by atoms with van der Waals surface area (Å²) in [6.45, 7) is 4.82. The molecule has 0 aromatic heterocycles. The molecule has 0 amide bonds. The van der Waals surface area contributed by atoms with Crippen LogP contribution in [0.25, 0.3) is 0 Å². The van der Waals surface area contributed by atoms with E-state index in [2.05, 4.69) is 45.6 Å². The Hall–Kier alpha value is -1.99. The van der Waals surface area contributed by atoms with Gasteiger partial charge < -0.3 is 25.0 Å². The van der Waals surface area contributed by atoms with Crippen molar-refractivity contribution in [3.8, 4) is 11.5 Å². The summed E-state index contributed by atoms with van der Waals surface area (Å²) in [5.41, 5.74) is 1.12. The molecule has 1 atom stereocenters. The lowest BCUT2D eigenvalue weighted by molar-refractivity contribution is 0.116. The molecule has 2 aliphatic rings. The van der Waals surface area contributed by atoms with E-state index in [0.29, 0.717) is 18.7 Å². The van der Waals surface area contributed by atoms with Gasteiger partial charge in [0.05, 0.1) is 13.2 Å². The van der Waals surface area contributed by atoms with E-state index in [1.54, 1.807) is 7.11 Å². The number of benzene rings is 1. The van der Waals surface area contributed by atoms with E-state index in [-0.39, 0.29) is 0 Å². The van der Waals surface area contributed by atoms with E-state index in [4.69, 9.17) is 9.47 Å². The number of piperazine rings is 1. The molecule has 1 heterocycles. The minimum absolute atomic E-state index is 0.317. The van der Waals surface area contributed by atoms with Crippen LogP contribution < -0.4 is 20.1 Å². The van der Waals surface area contributed by atoms with Gasteiger partial charge in [0.15, 0.2) is 5.96 Å². The Balaban J connectivity index is 1.56. The topological polar surface area (TPSA) is 61.4 Å². The van der Waals surface area contributed by atoms with Gasteiger partial charge in [-0.3, -0.25) is 9.89 Å². The Bertz CT molecular complexity index is 675. The molecule has 7 nitrogen and oxygen atoms in total. The second kappa shape index (κ2) is 10.7. The fourth-order valence-corrected chi connectivity index (χ4v) is 4.04. The molecule has 29 heavy (non-hydrogen) atoms. The third kappa shape index (κ3) is 6.24. The first-order valence-electron chi connectivity index (χ1n) is 10.8. The van der Waals surface area contributed by atoms with Crippen molar-refractivity contribution in [2.45, 2.75) is 44.4 Å². The zero-order valence-electron chi connectivity index (χ0n) is 18.4. The molecule has 1 saturated carbocycles. The fraction of sp³-hybridized carbons (Fsp3) is 0.682. The fourth-order valence-electron chi connectivity index (χ4n) is 4.04. The molecule has 1 aromatic carbocycles. The predicted molar refractivity (Wildman–Crippen MR) is 118 cm³/mol. The second-order valence-corrected chi connectivity index (χ2v) is 8.20. The van der Waals surface area contributed by atoms with Crippen LogP contribution in [0.4, 0.5) is 0 Å². The van der Waals surface area contributed by atoms with Crippen LogP contribution in [0.1, 0.15) is 31.2 Å². The van der Waals surface area contributed by atoms with E-state index in [1.807, 2.05) is 19.2 Å². The van der Waals surface area contributed by atoms with Crippen LogP contribution >= 0.6 is 0 Å². The van der Waals surface area contributed by atoms with Gasteiger partial charge >= 0.3 is 0 Å². The number of ether oxygens (including phenoxy) is 2. The largest absolute Gasteiger partial charge is 0.497 e. The molecular weight excluding hydrogens is 366 g/mol. The van der Waals surface area contributed by atoms with Crippen molar-refractivity contribution < 1.29 is 9.47 Å². The Morgan fingerprint density at radius 2 is 1.97 bits per heavy atom. The first kappa shape index (κ1) is 21.7. The number of rotatable bonds is 7. The maximum absolute atomic E-state index is 6.30. The standard InChI is InChI=1S/C22H37N5O2/c1-23-22(25-15-18-16-26(2)11-12-27(18)3)24-14-17-9-10-20(28-4)13-21(17)29-19-7-5-6-8-19/h9-10,13,18-19H,5-8,11-12,14-16H2,1-4H3,(H2,23,24,25). The molecule has 2 fully saturated rings. The number of aliphatic imine (C=N–C) groups is 1. The summed E-state index contributed by atoms with van der Waals surface area (Å²) in [6, 6.07) is 6.54. The number of nitrogens with one attached hydrogen (secondary N) is 2. The quantitative estimate of drug-likeness (QED) is 0.536. The third-order valence-corrected chi connectivity index (χ3v) is 6.03. The van der Waals surface area contributed by atoms with Gasteiger partial charge in [-0.1, -0.05) is 0 Å². The summed E-state index contributed by atoms with van der Waals surface area (Å²) in [4.78, 5) is 9.19. The molecule has 1 unspecified atom stereocenters. The number of nitrogens with zero attached hydrogens (tertiary/aromatic N) is 3. The highest BCUT2D eigenvalue weighted by molar-refractivity contribution is 5.79. The molecular formula is C22H37N5O2. The van der Waals surface area contributed by atoms with Crippen molar-refractivity contribution in [1.82, 2.24) is 20.4 Å². The van der Waals surface area contributed by atoms with Gasteiger partial charge in [0.2, 0.25) is 0 Å². The van der Waals surface area contributed by atoms with Gasteiger partial charge in [-0.15, -0.1) is 0 Å². The molecule has 1 aliphatic heterocycles. The molecule has 162 valence electrons. The number of hydrogen-bond donors (Lipinski definition) is 2. The lowest BCUT2D eigenvalue weighted by Crippen LogP contribution is -2.55. The summed E-state index contributed by atoms with van der Waals surface area (Å²) in [5, 5.41) is 6.92. The molecule has 1 aromatic rings. The lowest BCUT2D eigenvalue weighted by Gasteiger charge is -2.37. The highest BCUT2D eigenvalue weighted by atomic mass is 16.5. The molecule has 0 bridgehead atoms. The third-order valence-electron chi connectivity index (χ3n) is 6.03. The number of methoxy groups -OCH3 is 1. The summed E-state index contributed by atoms with van der Waals surface area (Å²) in [5.74, 6) is 2.55. The summed E-state index contributed by atoms with van der Waals surface area (Å²) >= 11 is 0. The minimum Gasteiger partial charge on any atom is -0.497 e. The van der Waals surface area contributed by atoms with E-state index in [9.17, 15) is 0 Å². The molecule has 3 rings (SSSR count). The van der Waals surface area contributed by atoms with Crippen LogP contribution in [0.2, 0.25) is 0 Å². The zero-order valence-corrected chi connectivity index (χ0v) is 18.4. The average Bonchev–Trinajstić information content (AvgIpc) is 3.24. The van der Waals surface area contributed by atoms with E-state index in [1.165, 1.54) is 12.8 Å². The van der Waals surface area contributed by atoms with Crippen molar-refractivity contribution in [2.24, 2.45) is 4.99 Å². The van der Waals surface area contributed by atoms with Gasteiger partial charge in [-0.05, 0) is 51.9 Å². The van der Waals surface area contributed by atoms with Crippen molar-refractivity contribution in [3.05, 3.63) is 23.8 Å². The van der Waals surface area contributed by atoms with Crippen LogP contribution in [-0.4, -0.2) is 82.3 Å². The molecule has 0 radical (unpaired) electrons. The summed E-state index contributed by atoms with van der Waals surface area (Å²) in [6.07, 6.45) is 5.10. The Labute approximate surface area is 175 Å². The molecule has 1 aliphatic carbocycles. The molecule has 2 N–H and O–H groups in total. The Morgan fingerprint density at radius 1 is 1.17 bits per heavy atom. The first-order valence-corrected chi connectivity index (χ1v) is 10.8. The normalized spacial score (nSPS) is 21.9.